The van der Waals surface area contributed by atoms with E-state index in [0.29, 0.717) is 26.2 Å². The van der Waals surface area contributed by atoms with Crippen molar-refractivity contribution in [3.63, 3.8) is 0 Å². The zero-order valence-electron chi connectivity index (χ0n) is 10.0. The van der Waals surface area contributed by atoms with Crippen LogP contribution < -0.4 is 4.90 Å². The SMILES string of the molecule is O=C(O)N1CCN(c2nc(-c3ccsc3)ns2)CC1. The number of aromatic nitrogens is 2. The minimum absolute atomic E-state index is 0.517. The second-order valence-electron chi connectivity index (χ2n) is 4.17. The number of rotatable bonds is 2. The van der Waals surface area contributed by atoms with Crippen LogP contribution in [0.15, 0.2) is 16.8 Å². The van der Waals surface area contributed by atoms with Crippen LogP contribution in [-0.2, 0) is 0 Å². The van der Waals surface area contributed by atoms with Crippen LogP contribution >= 0.6 is 22.9 Å². The summed E-state index contributed by atoms with van der Waals surface area (Å²) in [5, 5.41) is 13.8. The maximum absolute atomic E-state index is 10.8. The Hall–Kier alpha value is -1.67. The monoisotopic (exact) mass is 296 g/mol. The van der Waals surface area contributed by atoms with Gasteiger partial charge in [-0.1, -0.05) is 0 Å². The minimum Gasteiger partial charge on any atom is -0.465 e. The standard InChI is InChI=1S/C11H12N4O2S2/c16-11(17)15-4-2-14(3-5-15)10-12-9(13-19-10)8-1-6-18-7-8/h1,6-7H,2-5H2,(H,16,17). The molecule has 1 amide bonds. The van der Waals surface area contributed by atoms with Gasteiger partial charge in [0.2, 0.25) is 5.13 Å². The van der Waals surface area contributed by atoms with Crippen molar-refractivity contribution in [2.24, 2.45) is 0 Å². The fourth-order valence-electron chi connectivity index (χ4n) is 1.94. The zero-order valence-corrected chi connectivity index (χ0v) is 11.7. The quantitative estimate of drug-likeness (QED) is 0.918. The summed E-state index contributed by atoms with van der Waals surface area (Å²) in [7, 11) is 0. The molecule has 3 heterocycles. The van der Waals surface area contributed by atoms with E-state index in [1.54, 1.807) is 11.3 Å². The number of carboxylic acid groups (broad SMARTS) is 1. The lowest BCUT2D eigenvalue weighted by Gasteiger charge is -2.32. The van der Waals surface area contributed by atoms with E-state index >= 15 is 0 Å². The topological polar surface area (TPSA) is 69.6 Å². The Morgan fingerprint density at radius 2 is 2.11 bits per heavy atom. The van der Waals surface area contributed by atoms with E-state index in [-0.39, 0.29) is 0 Å². The molecule has 1 fully saturated rings. The van der Waals surface area contributed by atoms with Crippen molar-refractivity contribution in [1.29, 1.82) is 0 Å². The van der Waals surface area contributed by atoms with Crippen LogP contribution in [0, 0.1) is 0 Å². The summed E-state index contributed by atoms with van der Waals surface area (Å²) in [6.45, 7) is 2.38. The molecule has 19 heavy (non-hydrogen) atoms. The second kappa shape index (κ2) is 5.14. The molecule has 6 nitrogen and oxygen atoms in total. The van der Waals surface area contributed by atoms with Crippen molar-refractivity contribution in [3.05, 3.63) is 16.8 Å². The van der Waals surface area contributed by atoms with Crippen molar-refractivity contribution in [2.75, 3.05) is 31.1 Å². The molecule has 0 aromatic carbocycles. The van der Waals surface area contributed by atoms with Gasteiger partial charge in [0.05, 0.1) is 0 Å². The van der Waals surface area contributed by atoms with Crippen LogP contribution in [-0.4, -0.2) is 51.6 Å². The van der Waals surface area contributed by atoms with Crippen LogP contribution in [0.3, 0.4) is 0 Å². The summed E-state index contributed by atoms with van der Waals surface area (Å²) in [4.78, 5) is 18.9. The molecule has 0 radical (unpaired) electrons. The fraction of sp³-hybridized carbons (Fsp3) is 0.364. The second-order valence-corrected chi connectivity index (χ2v) is 5.68. The molecule has 0 unspecified atom stereocenters. The van der Waals surface area contributed by atoms with Crippen molar-refractivity contribution in [2.45, 2.75) is 0 Å². The van der Waals surface area contributed by atoms with Crippen molar-refractivity contribution in [1.82, 2.24) is 14.3 Å². The van der Waals surface area contributed by atoms with Gasteiger partial charge in [-0.2, -0.15) is 20.7 Å². The lowest BCUT2D eigenvalue weighted by atomic mass is 10.3. The summed E-state index contributed by atoms with van der Waals surface area (Å²) in [6.07, 6.45) is -0.851. The Morgan fingerprint density at radius 1 is 1.32 bits per heavy atom. The molecule has 2 aromatic heterocycles. The van der Waals surface area contributed by atoms with E-state index in [1.807, 2.05) is 16.8 Å². The van der Waals surface area contributed by atoms with Gasteiger partial charge < -0.3 is 14.9 Å². The molecule has 2 aromatic rings. The van der Waals surface area contributed by atoms with Crippen LogP contribution in [0.2, 0.25) is 0 Å². The fourth-order valence-corrected chi connectivity index (χ4v) is 3.32. The smallest absolute Gasteiger partial charge is 0.407 e. The van der Waals surface area contributed by atoms with E-state index in [1.165, 1.54) is 16.4 Å². The molecule has 0 atom stereocenters. The van der Waals surface area contributed by atoms with Crippen LogP contribution in [0.1, 0.15) is 0 Å². The maximum atomic E-state index is 10.8. The molecular formula is C11H12N4O2S2. The summed E-state index contributed by atoms with van der Waals surface area (Å²) in [5.41, 5.74) is 1.04. The summed E-state index contributed by atoms with van der Waals surface area (Å²) >= 11 is 2.99. The van der Waals surface area contributed by atoms with E-state index < -0.39 is 6.09 Å². The molecule has 100 valence electrons. The largest absolute Gasteiger partial charge is 0.465 e. The van der Waals surface area contributed by atoms with Gasteiger partial charge in [0.1, 0.15) is 0 Å². The summed E-state index contributed by atoms with van der Waals surface area (Å²) in [5.74, 6) is 0.752. The summed E-state index contributed by atoms with van der Waals surface area (Å²) in [6, 6.07) is 2.00. The number of amides is 1. The number of hydrogen-bond acceptors (Lipinski definition) is 6. The molecule has 1 saturated heterocycles. The first-order valence-electron chi connectivity index (χ1n) is 5.83. The Kier molecular flexibility index (Phi) is 3.34. The number of nitrogens with zero attached hydrogens (tertiary/aromatic N) is 4. The van der Waals surface area contributed by atoms with Gasteiger partial charge in [0.25, 0.3) is 0 Å². The third-order valence-electron chi connectivity index (χ3n) is 3.02. The first kappa shape index (κ1) is 12.4. The summed E-state index contributed by atoms with van der Waals surface area (Å²) < 4.78 is 4.35. The minimum atomic E-state index is -0.851. The van der Waals surface area contributed by atoms with Crippen LogP contribution in [0.25, 0.3) is 11.4 Å². The highest BCUT2D eigenvalue weighted by Gasteiger charge is 2.22. The number of hydrogen-bond donors (Lipinski definition) is 1. The number of piperazine rings is 1. The van der Waals surface area contributed by atoms with Gasteiger partial charge in [-0.15, -0.1) is 0 Å². The molecule has 0 bridgehead atoms. The Labute approximate surface area is 118 Å². The highest BCUT2D eigenvalue weighted by atomic mass is 32.1. The third-order valence-corrected chi connectivity index (χ3v) is 4.48. The van der Waals surface area contributed by atoms with Crippen molar-refractivity contribution < 1.29 is 9.90 Å². The highest BCUT2D eigenvalue weighted by molar-refractivity contribution is 7.10. The van der Waals surface area contributed by atoms with E-state index in [9.17, 15) is 4.79 Å². The van der Waals surface area contributed by atoms with E-state index in [4.69, 9.17) is 5.11 Å². The van der Waals surface area contributed by atoms with Gasteiger partial charge in [-0.05, 0) is 11.4 Å². The maximum Gasteiger partial charge on any atom is 0.407 e. The van der Waals surface area contributed by atoms with Gasteiger partial charge in [0.15, 0.2) is 5.82 Å². The first-order valence-corrected chi connectivity index (χ1v) is 7.55. The Balaban J connectivity index is 1.69. The highest BCUT2D eigenvalue weighted by Crippen LogP contribution is 2.26. The zero-order chi connectivity index (χ0) is 13.2. The molecule has 0 aliphatic carbocycles. The predicted molar refractivity (Wildman–Crippen MR) is 75.0 cm³/mol. The normalized spacial score (nSPS) is 15.8. The first-order chi connectivity index (χ1) is 9.24. The lowest BCUT2D eigenvalue weighted by molar-refractivity contribution is 0.142. The van der Waals surface area contributed by atoms with Crippen molar-refractivity contribution >= 4 is 34.1 Å². The van der Waals surface area contributed by atoms with Gasteiger partial charge in [-0.3, -0.25) is 0 Å². The number of thiophene rings is 1. The molecule has 1 N–H and O–H groups in total. The molecular weight excluding hydrogens is 284 g/mol. The average molecular weight is 296 g/mol. The van der Waals surface area contributed by atoms with Gasteiger partial charge in [-0.25, -0.2) is 4.79 Å². The molecule has 1 aliphatic rings. The van der Waals surface area contributed by atoms with Crippen molar-refractivity contribution in [3.8, 4) is 11.4 Å². The predicted octanol–water partition coefficient (Wildman–Crippen LogP) is 2.07. The van der Waals surface area contributed by atoms with E-state index in [2.05, 4.69) is 14.3 Å². The van der Waals surface area contributed by atoms with Crippen LogP contribution in [0.5, 0.6) is 0 Å². The number of anilines is 1. The van der Waals surface area contributed by atoms with Crippen LogP contribution in [0.4, 0.5) is 9.93 Å². The molecule has 3 rings (SSSR count). The number of carbonyl (C=O) groups is 1. The molecule has 1 aliphatic heterocycles. The van der Waals surface area contributed by atoms with Gasteiger partial charge >= 0.3 is 6.09 Å². The van der Waals surface area contributed by atoms with Gasteiger partial charge in [0, 0.05) is 48.7 Å². The lowest BCUT2D eigenvalue weighted by Crippen LogP contribution is -2.48. The third kappa shape index (κ3) is 2.54. The molecule has 8 heteroatoms. The Morgan fingerprint density at radius 3 is 2.74 bits per heavy atom. The Bertz CT molecular complexity index is 561. The molecule has 0 saturated carbocycles. The molecule has 0 spiro atoms. The van der Waals surface area contributed by atoms with E-state index in [0.717, 1.165) is 16.5 Å². The average Bonchev–Trinajstić information content (AvgIpc) is 3.10.